The Balaban J connectivity index is 1.41. The first kappa shape index (κ1) is 23.4. The number of carbonyl (C=O) groups excluding carboxylic acids is 1. The van der Waals surface area contributed by atoms with Gasteiger partial charge in [0.05, 0.1) is 10.4 Å². The number of rotatable bonds is 8. The third-order valence-electron chi connectivity index (χ3n) is 6.46. The number of anilines is 2. The minimum absolute atomic E-state index is 0.0720. The number of hydrogen-bond donors (Lipinski definition) is 3. The Bertz CT molecular complexity index is 1270. The summed E-state index contributed by atoms with van der Waals surface area (Å²) in [5, 5.41) is 8.57. The van der Waals surface area contributed by atoms with Gasteiger partial charge in [0.1, 0.15) is 11.3 Å². The van der Waals surface area contributed by atoms with Gasteiger partial charge in [0.25, 0.3) is 0 Å². The highest BCUT2D eigenvalue weighted by molar-refractivity contribution is 7.18. The number of nitrogens with one attached hydrogen (secondary N) is 2. The number of amides is 1. The van der Waals surface area contributed by atoms with Gasteiger partial charge in [0.2, 0.25) is 5.91 Å². The monoisotopic (exact) mass is 486 g/mol. The van der Waals surface area contributed by atoms with Gasteiger partial charge in [-0.1, -0.05) is 49.6 Å². The normalized spacial score (nSPS) is 15.1. The Morgan fingerprint density at radius 1 is 1.06 bits per heavy atom. The number of nitrogens with two attached hydrogens (primary N) is 1. The maximum absolute atomic E-state index is 12.9. The van der Waals surface area contributed by atoms with Crippen LogP contribution < -0.4 is 16.4 Å². The fourth-order valence-electron chi connectivity index (χ4n) is 4.57. The van der Waals surface area contributed by atoms with Crippen molar-refractivity contribution in [3.05, 3.63) is 65.8 Å². The van der Waals surface area contributed by atoms with Gasteiger partial charge in [-0.3, -0.25) is 9.78 Å². The van der Waals surface area contributed by atoms with Crippen LogP contribution in [0.3, 0.4) is 0 Å². The van der Waals surface area contributed by atoms with E-state index in [1.807, 2.05) is 35.7 Å². The highest BCUT2D eigenvalue weighted by atomic mass is 32.1. The molecular formula is C27H30N6OS. The van der Waals surface area contributed by atoms with Gasteiger partial charge < -0.3 is 16.4 Å². The maximum Gasteiger partial charge on any atom is 0.227 e. The van der Waals surface area contributed by atoms with E-state index in [4.69, 9.17) is 15.7 Å². The van der Waals surface area contributed by atoms with Crippen LogP contribution in [0, 0.1) is 5.92 Å². The van der Waals surface area contributed by atoms with Crippen LogP contribution in [0.15, 0.2) is 60.2 Å². The summed E-state index contributed by atoms with van der Waals surface area (Å²) < 4.78 is 0.911. The molecule has 1 aromatic carbocycles. The molecule has 0 unspecified atom stereocenters. The first-order chi connectivity index (χ1) is 17.2. The second-order valence-corrected chi connectivity index (χ2v) is 9.99. The standard InChI is InChI=1S/C27H30N6OS/c28-21(15-18-7-3-1-4-8-18)16-30-26-24-23(32-25(33-26)19-11-13-29-14-12-19)22(17-35-24)31-27(34)20-9-5-2-6-10-20/h1,3-4,7-8,11-14,17,20-21H,2,5-6,9-10,15-16,28H2,(H,31,34)(H,30,32,33)/t21-/m0/s1. The summed E-state index contributed by atoms with van der Waals surface area (Å²) in [6, 6.07) is 13.9. The average molecular weight is 487 g/mol. The largest absolute Gasteiger partial charge is 0.367 e. The lowest BCUT2D eigenvalue weighted by molar-refractivity contribution is -0.120. The fraction of sp³-hybridized carbons (Fsp3) is 0.333. The summed E-state index contributed by atoms with van der Waals surface area (Å²) >= 11 is 1.53. The van der Waals surface area contributed by atoms with Gasteiger partial charge in [0, 0.05) is 41.8 Å². The van der Waals surface area contributed by atoms with Gasteiger partial charge in [0.15, 0.2) is 5.82 Å². The molecule has 1 atom stereocenters. The van der Waals surface area contributed by atoms with Crippen molar-refractivity contribution in [1.82, 2.24) is 15.0 Å². The molecule has 3 aromatic heterocycles. The minimum Gasteiger partial charge on any atom is -0.367 e. The van der Waals surface area contributed by atoms with E-state index in [-0.39, 0.29) is 17.9 Å². The number of thiophene rings is 1. The fourth-order valence-corrected chi connectivity index (χ4v) is 5.48. The van der Waals surface area contributed by atoms with Crippen molar-refractivity contribution in [3.63, 3.8) is 0 Å². The zero-order chi connectivity index (χ0) is 24.0. The Morgan fingerprint density at radius 2 is 1.83 bits per heavy atom. The summed E-state index contributed by atoms with van der Waals surface area (Å²) in [6.07, 6.45) is 9.59. The van der Waals surface area contributed by atoms with Crippen molar-refractivity contribution in [3.8, 4) is 11.4 Å². The smallest absolute Gasteiger partial charge is 0.227 e. The molecule has 1 aliphatic rings. The van der Waals surface area contributed by atoms with Crippen LogP contribution in [0.2, 0.25) is 0 Å². The van der Waals surface area contributed by atoms with Crippen molar-refractivity contribution in [2.75, 3.05) is 17.2 Å². The van der Waals surface area contributed by atoms with Gasteiger partial charge in [-0.15, -0.1) is 11.3 Å². The maximum atomic E-state index is 12.9. The van der Waals surface area contributed by atoms with E-state index in [1.165, 1.54) is 23.3 Å². The van der Waals surface area contributed by atoms with E-state index in [9.17, 15) is 4.79 Å². The highest BCUT2D eigenvalue weighted by Crippen LogP contribution is 2.36. The number of fused-ring (bicyclic) bond motifs is 1. The van der Waals surface area contributed by atoms with Crippen LogP contribution >= 0.6 is 11.3 Å². The van der Waals surface area contributed by atoms with Crippen LogP contribution in [0.1, 0.15) is 37.7 Å². The first-order valence-corrected chi connectivity index (χ1v) is 13.1. The quantitative estimate of drug-likeness (QED) is 0.314. The number of hydrogen-bond acceptors (Lipinski definition) is 7. The minimum atomic E-state index is -0.0720. The van der Waals surface area contributed by atoms with Gasteiger partial charge >= 0.3 is 0 Å². The molecule has 5 rings (SSSR count). The van der Waals surface area contributed by atoms with Crippen molar-refractivity contribution in [1.29, 1.82) is 0 Å². The molecule has 1 fully saturated rings. The zero-order valence-corrected chi connectivity index (χ0v) is 20.4. The molecule has 0 bridgehead atoms. The number of aromatic nitrogens is 3. The van der Waals surface area contributed by atoms with Crippen LogP contribution in [0.4, 0.5) is 11.5 Å². The van der Waals surface area contributed by atoms with E-state index in [0.29, 0.717) is 12.4 Å². The molecule has 0 aliphatic heterocycles. The van der Waals surface area contributed by atoms with E-state index in [1.54, 1.807) is 12.4 Å². The van der Waals surface area contributed by atoms with E-state index < -0.39 is 0 Å². The lowest BCUT2D eigenvalue weighted by atomic mass is 9.88. The van der Waals surface area contributed by atoms with E-state index in [2.05, 4.69) is 27.8 Å². The van der Waals surface area contributed by atoms with Gasteiger partial charge in [-0.05, 0) is 37.0 Å². The molecule has 8 heteroatoms. The Labute approximate surface area is 209 Å². The van der Waals surface area contributed by atoms with Gasteiger partial charge in [-0.2, -0.15) is 0 Å². The molecule has 1 amide bonds. The predicted molar refractivity (Wildman–Crippen MR) is 142 cm³/mol. The highest BCUT2D eigenvalue weighted by Gasteiger charge is 2.23. The van der Waals surface area contributed by atoms with Gasteiger partial charge in [-0.25, -0.2) is 9.97 Å². The van der Waals surface area contributed by atoms with Crippen LogP contribution in [-0.4, -0.2) is 33.4 Å². The molecule has 35 heavy (non-hydrogen) atoms. The number of benzene rings is 1. The SMILES string of the molecule is N[C@H](CNc1nc(-c2ccncc2)nc2c(NC(=O)C3CCCCC3)csc12)Cc1ccccc1. The summed E-state index contributed by atoms with van der Waals surface area (Å²) in [6.45, 7) is 0.568. The lowest BCUT2D eigenvalue weighted by Crippen LogP contribution is -2.31. The number of pyridine rings is 1. The second kappa shape index (κ2) is 10.9. The summed E-state index contributed by atoms with van der Waals surface area (Å²) in [5.41, 5.74) is 10.0. The Hall–Kier alpha value is -3.36. The third-order valence-corrected chi connectivity index (χ3v) is 7.44. The predicted octanol–water partition coefficient (Wildman–Crippen LogP) is 5.25. The van der Waals surface area contributed by atoms with Crippen molar-refractivity contribution in [2.45, 2.75) is 44.6 Å². The molecule has 4 aromatic rings. The average Bonchev–Trinajstić information content (AvgIpc) is 3.31. The summed E-state index contributed by atoms with van der Waals surface area (Å²) in [5.74, 6) is 1.49. The number of nitrogens with zero attached hydrogens (tertiary/aromatic N) is 3. The Kier molecular flexibility index (Phi) is 7.30. The summed E-state index contributed by atoms with van der Waals surface area (Å²) in [7, 11) is 0. The van der Waals surface area contributed by atoms with Crippen LogP contribution in [-0.2, 0) is 11.2 Å². The molecule has 0 spiro atoms. The summed E-state index contributed by atoms with van der Waals surface area (Å²) in [4.78, 5) is 26.7. The van der Waals surface area contributed by atoms with Crippen molar-refractivity contribution in [2.24, 2.45) is 11.7 Å². The molecule has 1 aliphatic carbocycles. The molecule has 3 heterocycles. The molecule has 7 nitrogen and oxygen atoms in total. The molecule has 4 N–H and O–H groups in total. The molecule has 180 valence electrons. The molecule has 1 saturated carbocycles. The topological polar surface area (TPSA) is 106 Å². The first-order valence-electron chi connectivity index (χ1n) is 12.2. The lowest BCUT2D eigenvalue weighted by Gasteiger charge is -2.20. The van der Waals surface area contributed by atoms with Crippen LogP contribution in [0.5, 0.6) is 0 Å². The molecule has 0 saturated heterocycles. The molecular weight excluding hydrogens is 456 g/mol. The zero-order valence-electron chi connectivity index (χ0n) is 19.6. The van der Waals surface area contributed by atoms with E-state index >= 15 is 0 Å². The van der Waals surface area contributed by atoms with Crippen LogP contribution in [0.25, 0.3) is 21.6 Å². The molecule has 0 radical (unpaired) electrons. The van der Waals surface area contributed by atoms with Crippen molar-refractivity contribution < 1.29 is 4.79 Å². The third kappa shape index (κ3) is 5.66. The van der Waals surface area contributed by atoms with Crippen molar-refractivity contribution >= 4 is 39.0 Å². The second-order valence-electron chi connectivity index (χ2n) is 9.11. The Morgan fingerprint density at radius 3 is 2.60 bits per heavy atom. The number of carbonyl (C=O) groups is 1. The van der Waals surface area contributed by atoms with E-state index in [0.717, 1.165) is 59.4 Å².